The van der Waals surface area contributed by atoms with Crippen LogP contribution in [0.5, 0.6) is 0 Å². The average Bonchev–Trinajstić information content (AvgIpc) is 1.08. The van der Waals surface area contributed by atoms with Crippen LogP contribution in [0, 0.1) is 27.7 Å². The van der Waals surface area contributed by atoms with Crippen LogP contribution in [-0.2, 0) is 53.5 Å². The van der Waals surface area contributed by atoms with E-state index in [1.165, 1.54) is 71.6 Å². The van der Waals surface area contributed by atoms with Crippen molar-refractivity contribution in [1.82, 2.24) is 35.0 Å². The van der Waals surface area contributed by atoms with Gasteiger partial charge < -0.3 is 55.3 Å². The molecule has 5 aromatic rings. The van der Waals surface area contributed by atoms with Gasteiger partial charge in [0.15, 0.2) is 0 Å². The molecule has 6 aliphatic heterocycles. The molecular formula is C75H84BClF15N9O13. The van der Waals surface area contributed by atoms with Gasteiger partial charge in [-0.15, -0.1) is 0 Å². The third kappa shape index (κ3) is 31.1. The number of aliphatic carboxylic acids is 1. The smallest absolute Gasteiger partial charge is 0.475 e. The number of nitrogens with zero attached hydrogens (tertiary/aromatic N) is 7. The molecule has 6 heterocycles. The predicted octanol–water partition coefficient (Wildman–Crippen LogP) is 12.8. The number of oxime groups is 1. The minimum absolute atomic E-state index is 0.00308. The van der Waals surface area contributed by atoms with Gasteiger partial charge in [-0.3, -0.25) is 43.2 Å². The highest BCUT2D eigenvalue weighted by molar-refractivity contribution is 6.45. The zero-order chi connectivity index (χ0) is 85.4. The Balaban J connectivity index is 0.000000248. The zero-order valence-corrected chi connectivity index (χ0v) is 63.1. The number of amides is 6. The molecule has 0 unspecified atom stereocenters. The Morgan fingerprint density at radius 1 is 0.421 bits per heavy atom. The van der Waals surface area contributed by atoms with Gasteiger partial charge in [-0.2, -0.15) is 65.9 Å². The van der Waals surface area contributed by atoms with E-state index in [0.29, 0.717) is 102 Å². The van der Waals surface area contributed by atoms with E-state index in [2.05, 4.69) is 15.8 Å². The number of piperidine rings is 4. The summed E-state index contributed by atoms with van der Waals surface area (Å²) in [5.41, 5.74) is -0.551. The summed E-state index contributed by atoms with van der Waals surface area (Å²) in [6.45, 7) is 13.7. The molecule has 0 radical (unpaired) electrons. The van der Waals surface area contributed by atoms with Crippen LogP contribution in [0.15, 0.2) is 102 Å². The van der Waals surface area contributed by atoms with Gasteiger partial charge in [0.1, 0.15) is 17.3 Å². The predicted molar refractivity (Wildman–Crippen MR) is 388 cm³/mol. The fraction of sp³-hybridized carbons (Fsp3) is 0.453. The molecule has 0 bridgehead atoms. The summed E-state index contributed by atoms with van der Waals surface area (Å²) in [4.78, 5) is 124. The summed E-state index contributed by atoms with van der Waals surface area (Å²) >= 11 is 5.87. The van der Waals surface area contributed by atoms with Crippen molar-refractivity contribution in [2.45, 2.75) is 130 Å². The number of carboxylic acid groups (broad SMARTS) is 1. The number of alkyl halides is 15. The number of carbonyl (C=O) groups is 10. The molecule has 6 amide bonds. The van der Waals surface area contributed by atoms with E-state index in [4.69, 9.17) is 31.7 Å². The fourth-order valence-electron chi connectivity index (χ4n) is 11.8. The monoisotopic (exact) mass is 1650 g/mol. The first-order valence-electron chi connectivity index (χ1n) is 35.5. The summed E-state index contributed by atoms with van der Waals surface area (Å²) < 4.78 is 186. The average molecular weight is 1650 g/mol. The number of likely N-dealkylation sites (tertiary alicyclic amines) is 2. The largest absolute Gasteiger partial charge is 0.490 e. The molecule has 22 nitrogen and oxygen atoms in total. The van der Waals surface area contributed by atoms with Gasteiger partial charge in [-0.25, -0.2) is 4.79 Å². The second kappa shape index (κ2) is 42.4. The van der Waals surface area contributed by atoms with Gasteiger partial charge in [0.2, 0.25) is 11.8 Å². The highest BCUT2D eigenvalue weighted by Gasteiger charge is 2.39. The highest BCUT2D eigenvalue weighted by Crippen LogP contribution is 2.35. The molecule has 5 aromatic carbocycles. The van der Waals surface area contributed by atoms with Crippen LogP contribution >= 0.6 is 11.6 Å². The van der Waals surface area contributed by atoms with E-state index in [9.17, 15) is 109 Å². The van der Waals surface area contributed by atoms with Gasteiger partial charge in [0.25, 0.3) is 23.6 Å². The lowest BCUT2D eigenvalue weighted by molar-refractivity contribution is -0.192. The van der Waals surface area contributed by atoms with Crippen LogP contribution in [0.25, 0.3) is 0 Å². The topological polar surface area (TPSA) is 287 Å². The summed E-state index contributed by atoms with van der Waals surface area (Å²) in [7, 11) is -0.395. The first-order chi connectivity index (χ1) is 53.0. The van der Waals surface area contributed by atoms with Crippen LogP contribution in [0.3, 0.4) is 0 Å². The molecule has 0 spiro atoms. The number of carbonyl (C=O) groups excluding carboxylic acids is 9. The number of nitrogens with one attached hydrogen (secondary N) is 2. The van der Waals surface area contributed by atoms with Crippen molar-refractivity contribution < 1.29 is 129 Å². The Labute approximate surface area is 650 Å². The maximum absolute atomic E-state index is 13.1. The maximum Gasteiger partial charge on any atom is 0.490 e. The molecule has 39 heteroatoms. The molecule has 622 valence electrons. The summed E-state index contributed by atoms with van der Waals surface area (Å²) in [6.07, 6.45) is -18.7. The molecule has 0 atom stereocenters. The third-order valence-electron chi connectivity index (χ3n) is 17.8. The second-order valence-corrected chi connectivity index (χ2v) is 27.3. The Kier molecular flexibility index (Phi) is 35.2. The number of ketones is 3. The molecule has 0 saturated carbocycles. The molecule has 0 aliphatic carbocycles. The lowest BCUT2D eigenvalue weighted by atomic mass is 9.83. The standard InChI is InChI=1S/C20H18ClF3N2O2.2C14H15F3N2O2.C14H14F3NO2.C6H12BNO2.C5H9NO.C2HF3O2/c1-13-10-14(12-15(11-13)20(22,23)24)19(28)25-7-6-18(27)26(9-8-25)17-4-2-16(21)3-5-17;1-9-6-10(8-11(7-9)14(15,16)17)13(21)19-4-2-12(20)18-3-5-19;1-9-6-10(8-11(7-9)14(15,16)17)13(20)19-4-2-12(18-21)3-5-19;1-9-6-10(8-11(7-9)14(15,16)17)13(20)18-4-2-12(19)3-5-18;1-7(10)8-4-2-6(9)3-5-8;7-5-1-3-6-4-2-5;3-2(4,5)1(6)7/h2-5,10-12H,6-9H2,1H3;6-8H,2-5H2,1H3,(H,18,20);6-8,21H,2-5H2,1H3;6-8H,2-5H2,1H3;10H,2-5H2,1H3;6H,1-4H2;(H,6,7). The van der Waals surface area contributed by atoms with Gasteiger partial charge in [0.05, 0.1) is 28.0 Å². The van der Waals surface area contributed by atoms with Crippen molar-refractivity contribution in [3.8, 4) is 0 Å². The molecule has 5 N–H and O–H groups in total. The number of aryl methyl sites for hydroxylation is 4. The number of Topliss-reactive ketones (excluding diaryl/α,β-unsaturated/α-hetero) is 3. The molecule has 11 rings (SSSR count). The molecule has 6 saturated heterocycles. The summed E-state index contributed by atoms with van der Waals surface area (Å²) in [5.74, 6) is -4.16. The summed E-state index contributed by atoms with van der Waals surface area (Å²) in [5, 5.41) is 34.2. The fourth-order valence-corrected chi connectivity index (χ4v) is 11.9. The Hall–Kier alpha value is -9.95. The molecule has 0 aromatic heterocycles. The quantitative estimate of drug-likeness (QED) is 0.0457. The first kappa shape index (κ1) is 94.6. The number of anilines is 1. The highest BCUT2D eigenvalue weighted by atomic mass is 35.5. The Bertz CT molecular complexity index is 4220. The summed E-state index contributed by atoms with van der Waals surface area (Å²) in [6, 6.07) is 20.0. The van der Waals surface area contributed by atoms with Crippen LogP contribution in [-0.4, -0.2) is 209 Å². The van der Waals surface area contributed by atoms with Crippen LogP contribution in [0.4, 0.5) is 71.5 Å². The third-order valence-corrected chi connectivity index (χ3v) is 18.0. The van der Waals surface area contributed by atoms with Gasteiger partial charge >= 0.3 is 43.9 Å². The molecular weight excluding hydrogens is 1570 g/mol. The zero-order valence-electron chi connectivity index (χ0n) is 62.4. The van der Waals surface area contributed by atoms with Crippen LogP contribution in [0.1, 0.15) is 150 Å². The number of carboxylic acids is 1. The van der Waals surface area contributed by atoms with Crippen molar-refractivity contribution in [2.24, 2.45) is 5.16 Å². The second-order valence-electron chi connectivity index (χ2n) is 26.9. The number of hydrogen-bond acceptors (Lipinski definition) is 15. The lowest BCUT2D eigenvalue weighted by Crippen LogP contribution is -2.43. The number of rotatable bonds is 6. The SMILES string of the molecule is CB(O)N1CCC(=O)CC1.Cc1cc(C(=O)N2CCC(=NO)CC2)cc(C(F)(F)F)c1.Cc1cc(C(=O)N2CCC(=O)CC2)cc(C(F)(F)F)c1.Cc1cc(C(=O)N2CCC(=O)N(c3ccc(Cl)cc3)CC2)cc(C(F)(F)F)c1.Cc1cc(C(=O)N2CCNC(=O)CC2)cc(C(F)(F)F)c1.O=C(O)C(F)(F)F.O=C1CCNCC1. The van der Waals surface area contributed by atoms with Crippen molar-refractivity contribution in [3.05, 3.63) is 169 Å². The van der Waals surface area contributed by atoms with E-state index in [0.717, 1.165) is 87.6 Å². The number of halogens is 16. The Morgan fingerprint density at radius 2 is 0.737 bits per heavy atom. The van der Waals surface area contributed by atoms with E-state index < -0.39 is 89.8 Å². The van der Waals surface area contributed by atoms with Crippen LogP contribution < -0.4 is 15.5 Å². The van der Waals surface area contributed by atoms with E-state index in [1.807, 2.05) is 4.81 Å². The van der Waals surface area contributed by atoms with Crippen molar-refractivity contribution >= 4 is 88.8 Å². The van der Waals surface area contributed by atoms with Crippen molar-refractivity contribution in [2.75, 3.05) is 96.5 Å². The van der Waals surface area contributed by atoms with E-state index in [-0.39, 0.29) is 105 Å². The Morgan fingerprint density at radius 3 is 1.06 bits per heavy atom. The molecule has 114 heavy (non-hydrogen) atoms. The van der Waals surface area contributed by atoms with Crippen molar-refractivity contribution in [3.63, 3.8) is 0 Å². The first-order valence-corrected chi connectivity index (χ1v) is 35.8. The van der Waals surface area contributed by atoms with Crippen LogP contribution in [0.2, 0.25) is 11.8 Å². The maximum atomic E-state index is 13.1. The normalized spacial score (nSPS) is 16.6. The van der Waals surface area contributed by atoms with E-state index in [1.54, 1.807) is 36.0 Å². The van der Waals surface area contributed by atoms with E-state index >= 15 is 0 Å². The number of benzene rings is 5. The number of hydrogen-bond donors (Lipinski definition) is 5. The van der Waals surface area contributed by atoms with Crippen molar-refractivity contribution in [1.29, 1.82) is 0 Å². The van der Waals surface area contributed by atoms with Gasteiger partial charge in [-0.1, -0.05) is 16.8 Å². The molecule has 6 fully saturated rings. The minimum Gasteiger partial charge on any atom is -0.475 e. The van der Waals surface area contributed by atoms with Gasteiger partial charge in [-0.05, 0) is 167 Å². The molecule has 6 aliphatic rings. The minimum atomic E-state index is -5.08. The lowest BCUT2D eigenvalue weighted by Gasteiger charge is -2.27. The van der Waals surface area contributed by atoms with Gasteiger partial charge in [0, 0.05) is 176 Å².